The van der Waals surface area contributed by atoms with E-state index < -0.39 is 9.84 Å². The van der Waals surface area contributed by atoms with E-state index in [2.05, 4.69) is 12.2 Å². The first-order valence-corrected chi connectivity index (χ1v) is 8.94. The summed E-state index contributed by atoms with van der Waals surface area (Å²) >= 11 is 0. The van der Waals surface area contributed by atoms with Crippen LogP contribution >= 0.6 is 0 Å². The van der Waals surface area contributed by atoms with Crippen molar-refractivity contribution in [3.05, 3.63) is 0 Å². The van der Waals surface area contributed by atoms with Gasteiger partial charge in [-0.2, -0.15) is 0 Å². The summed E-state index contributed by atoms with van der Waals surface area (Å²) in [6.07, 6.45) is 3.96. The Morgan fingerprint density at radius 2 is 2.00 bits per heavy atom. The predicted molar refractivity (Wildman–Crippen MR) is 74.3 cm³/mol. The summed E-state index contributed by atoms with van der Waals surface area (Å²) in [5.74, 6) is 0.750. The van der Waals surface area contributed by atoms with Crippen LogP contribution in [0.4, 0.5) is 0 Å². The second-order valence-corrected chi connectivity index (χ2v) is 8.46. The van der Waals surface area contributed by atoms with Crippen molar-refractivity contribution in [2.45, 2.75) is 51.1 Å². The molecule has 4 atom stereocenters. The number of amides is 1. The molecule has 3 N–H and O–H groups in total. The number of sulfone groups is 1. The molecule has 1 heterocycles. The number of carbonyl (C=O) groups is 1. The molecule has 1 saturated carbocycles. The van der Waals surface area contributed by atoms with Crippen LogP contribution in [0.1, 0.15) is 39.0 Å². The van der Waals surface area contributed by atoms with Gasteiger partial charge >= 0.3 is 0 Å². The molecule has 1 saturated heterocycles. The summed E-state index contributed by atoms with van der Waals surface area (Å²) in [5, 5.41) is 2.91. The molecule has 1 aliphatic carbocycles. The second-order valence-electron chi connectivity index (χ2n) is 6.23. The van der Waals surface area contributed by atoms with E-state index in [9.17, 15) is 13.2 Å². The Hall–Kier alpha value is -0.620. The van der Waals surface area contributed by atoms with Gasteiger partial charge in [-0.25, -0.2) is 8.42 Å². The molecule has 0 bridgehead atoms. The SMILES string of the molecule is CC1CC(N)CC(C(=O)NC2CCCS(=O)(=O)C2)C1. The number of rotatable bonds is 2. The van der Waals surface area contributed by atoms with Gasteiger partial charge in [-0.05, 0) is 38.0 Å². The lowest BCUT2D eigenvalue weighted by molar-refractivity contribution is -0.127. The van der Waals surface area contributed by atoms with Gasteiger partial charge in [0.1, 0.15) is 0 Å². The molecular formula is C13H24N2O3S. The molecule has 110 valence electrons. The van der Waals surface area contributed by atoms with Gasteiger partial charge in [-0.1, -0.05) is 6.92 Å². The third-order valence-electron chi connectivity index (χ3n) is 4.16. The standard InChI is InChI=1S/C13H24N2O3S/c1-9-5-10(7-11(14)6-9)13(16)15-12-3-2-4-19(17,18)8-12/h9-12H,2-8,14H2,1H3,(H,15,16). The summed E-state index contributed by atoms with van der Waals surface area (Å²) < 4.78 is 23.1. The van der Waals surface area contributed by atoms with Crippen LogP contribution in [0.2, 0.25) is 0 Å². The Morgan fingerprint density at radius 3 is 2.63 bits per heavy atom. The summed E-state index contributed by atoms with van der Waals surface area (Å²) in [6.45, 7) is 2.12. The summed E-state index contributed by atoms with van der Waals surface area (Å²) in [5.41, 5.74) is 5.95. The van der Waals surface area contributed by atoms with Crippen molar-refractivity contribution < 1.29 is 13.2 Å². The van der Waals surface area contributed by atoms with Crippen molar-refractivity contribution in [3.63, 3.8) is 0 Å². The Kier molecular flexibility index (Phi) is 4.50. The van der Waals surface area contributed by atoms with Crippen molar-refractivity contribution in [1.29, 1.82) is 0 Å². The summed E-state index contributed by atoms with van der Waals surface area (Å²) in [6, 6.07) is -0.116. The summed E-state index contributed by atoms with van der Waals surface area (Å²) in [4.78, 5) is 12.2. The van der Waals surface area contributed by atoms with Crippen molar-refractivity contribution in [1.82, 2.24) is 5.32 Å². The maximum Gasteiger partial charge on any atom is 0.223 e. The lowest BCUT2D eigenvalue weighted by atomic mass is 9.79. The lowest BCUT2D eigenvalue weighted by Crippen LogP contribution is -2.47. The van der Waals surface area contributed by atoms with Crippen LogP contribution in [0, 0.1) is 11.8 Å². The third-order valence-corrected chi connectivity index (χ3v) is 5.98. The molecule has 2 rings (SSSR count). The van der Waals surface area contributed by atoms with Crippen LogP contribution in [0.25, 0.3) is 0 Å². The van der Waals surface area contributed by atoms with Crippen molar-refractivity contribution >= 4 is 15.7 Å². The van der Waals surface area contributed by atoms with Gasteiger partial charge in [0, 0.05) is 18.0 Å². The van der Waals surface area contributed by atoms with Crippen LogP contribution < -0.4 is 11.1 Å². The van der Waals surface area contributed by atoms with E-state index in [1.807, 2.05) is 0 Å². The van der Waals surface area contributed by atoms with E-state index in [-0.39, 0.29) is 35.4 Å². The molecule has 1 amide bonds. The van der Waals surface area contributed by atoms with Crippen molar-refractivity contribution in [2.75, 3.05) is 11.5 Å². The first-order valence-electron chi connectivity index (χ1n) is 7.12. The average Bonchev–Trinajstić information content (AvgIpc) is 2.26. The minimum Gasteiger partial charge on any atom is -0.352 e. The smallest absolute Gasteiger partial charge is 0.223 e. The number of hydrogen-bond donors (Lipinski definition) is 2. The molecule has 6 heteroatoms. The molecule has 2 aliphatic rings. The highest BCUT2D eigenvalue weighted by Gasteiger charge is 2.32. The molecule has 0 aromatic heterocycles. The van der Waals surface area contributed by atoms with Crippen LogP contribution in [0.15, 0.2) is 0 Å². The predicted octanol–water partition coefficient (Wildman–Crippen LogP) is 0.443. The molecule has 0 radical (unpaired) electrons. The first kappa shape index (κ1) is 14.8. The fourth-order valence-electron chi connectivity index (χ4n) is 3.33. The number of hydrogen-bond acceptors (Lipinski definition) is 4. The molecule has 19 heavy (non-hydrogen) atoms. The molecule has 1 aliphatic heterocycles. The molecule has 0 aromatic carbocycles. The van der Waals surface area contributed by atoms with E-state index in [1.165, 1.54) is 0 Å². The van der Waals surface area contributed by atoms with Gasteiger partial charge in [0.2, 0.25) is 5.91 Å². The topological polar surface area (TPSA) is 89.3 Å². The average molecular weight is 288 g/mol. The van der Waals surface area contributed by atoms with Gasteiger partial charge in [-0.3, -0.25) is 4.79 Å². The Balaban J connectivity index is 1.90. The maximum absolute atomic E-state index is 12.2. The zero-order valence-corrected chi connectivity index (χ0v) is 12.3. The van der Waals surface area contributed by atoms with E-state index in [0.717, 1.165) is 25.7 Å². The first-order chi connectivity index (χ1) is 8.85. The highest BCUT2D eigenvalue weighted by molar-refractivity contribution is 7.91. The lowest BCUT2D eigenvalue weighted by Gasteiger charge is -2.32. The van der Waals surface area contributed by atoms with Gasteiger partial charge < -0.3 is 11.1 Å². The fraction of sp³-hybridized carbons (Fsp3) is 0.923. The van der Waals surface area contributed by atoms with Gasteiger partial charge in [-0.15, -0.1) is 0 Å². The quantitative estimate of drug-likeness (QED) is 0.772. The number of nitrogens with two attached hydrogens (primary N) is 1. The van der Waals surface area contributed by atoms with Gasteiger partial charge in [0.25, 0.3) is 0 Å². The van der Waals surface area contributed by atoms with Gasteiger partial charge in [0.05, 0.1) is 11.5 Å². The van der Waals surface area contributed by atoms with Gasteiger partial charge in [0.15, 0.2) is 9.84 Å². The molecular weight excluding hydrogens is 264 g/mol. The number of nitrogens with one attached hydrogen (secondary N) is 1. The van der Waals surface area contributed by atoms with E-state index in [1.54, 1.807) is 0 Å². The zero-order valence-electron chi connectivity index (χ0n) is 11.5. The number of carbonyl (C=O) groups excluding carboxylic acids is 1. The van der Waals surface area contributed by atoms with E-state index in [0.29, 0.717) is 12.3 Å². The van der Waals surface area contributed by atoms with Crippen LogP contribution in [-0.2, 0) is 14.6 Å². The van der Waals surface area contributed by atoms with Crippen LogP contribution in [0.3, 0.4) is 0 Å². The second kappa shape index (κ2) is 5.79. The van der Waals surface area contributed by atoms with Crippen LogP contribution in [-0.4, -0.2) is 37.9 Å². The zero-order chi connectivity index (χ0) is 14.0. The Morgan fingerprint density at radius 1 is 1.26 bits per heavy atom. The van der Waals surface area contributed by atoms with Crippen LogP contribution in [0.5, 0.6) is 0 Å². The monoisotopic (exact) mass is 288 g/mol. The van der Waals surface area contributed by atoms with Crippen molar-refractivity contribution in [3.8, 4) is 0 Å². The maximum atomic E-state index is 12.2. The minimum atomic E-state index is -2.97. The molecule has 4 unspecified atom stereocenters. The largest absolute Gasteiger partial charge is 0.352 e. The normalized spacial score (nSPS) is 38.6. The van der Waals surface area contributed by atoms with Crippen molar-refractivity contribution in [2.24, 2.45) is 17.6 Å². The molecule has 0 aromatic rings. The Bertz CT molecular complexity index is 425. The highest BCUT2D eigenvalue weighted by Crippen LogP contribution is 2.28. The van der Waals surface area contributed by atoms with E-state index in [4.69, 9.17) is 5.73 Å². The molecule has 5 nitrogen and oxygen atoms in total. The fourth-order valence-corrected chi connectivity index (χ4v) is 4.96. The highest BCUT2D eigenvalue weighted by atomic mass is 32.2. The minimum absolute atomic E-state index is 0.0101. The third kappa shape index (κ3) is 4.18. The molecule has 0 spiro atoms. The Labute approximate surface area is 115 Å². The molecule has 2 fully saturated rings. The summed E-state index contributed by atoms with van der Waals surface area (Å²) in [7, 11) is -2.97. The van der Waals surface area contributed by atoms with E-state index >= 15 is 0 Å².